The third kappa shape index (κ3) is 4.07. The Kier molecular flexibility index (Phi) is 5.71. The molecule has 0 fully saturated rings. The summed E-state index contributed by atoms with van der Waals surface area (Å²) in [5.74, 6) is 6.46. The molecule has 0 saturated carbocycles. The van der Waals surface area contributed by atoms with Crippen molar-refractivity contribution in [3.05, 3.63) is 71.3 Å². The minimum atomic E-state index is 0.326. The number of aryl methyl sites for hydroxylation is 2. The van der Waals surface area contributed by atoms with Gasteiger partial charge >= 0.3 is 0 Å². The molecule has 126 valence electrons. The Morgan fingerprint density at radius 2 is 1.79 bits per heavy atom. The first-order chi connectivity index (χ1) is 11.8. The normalized spacial score (nSPS) is 15.2. The van der Waals surface area contributed by atoms with Crippen LogP contribution in [-0.2, 0) is 12.8 Å². The number of hydrogen-bond donors (Lipinski definition) is 1. The predicted octanol–water partition coefficient (Wildman–Crippen LogP) is 5.13. The molecule has 2 nitrogen and oxygen atoms in total. The topological polar surface area (TPSA) is 29.3 Å². The van der Waals surface area contributed by atoms with Crippen LogP contribution in [0.4, 0.5) is 5.69 Å². The second kappa shape index (κ2) is 8.16. The molecule has 2 aromatic rings. The van der Waals surface area contributed by atoms with Crippen LogP contribution >= 0.6 is 0 Å². The van der Waals surface area contributed by atoms with Crippen LogP contribution in [0, 0.1) is 0 Å². The molecule has 1 atom stereocenters. The van der Waals surface area contributed by atoms with Crippen LogP contribution in [0.25, 0.3) is 6.08 Å². The molecule has 0 radical (unpaired) electrons. The first-order valence-corrected chi connectivity index (χ1v) is 9.15. The van der Waals surface area contributed by atoms with E-state index < -0.39 is 0 Å². The summed E-state index contributed by atoms with van der Waals surface area (Å²) in [7, 11) is 0. The monoisotopic (exact) mass is 320 g/mol. The van der Waals surface area contributed by atoms with Gasteiger partial charge in [-0.05, 0) is 67.3 Å². The van der Waals surface area contributed by atoms with Gasteiger partial charge in [0.15, 0.2) is 0 Å². The maximum Gasteiger partial charge on any atom is 0.0523 e. The molecule has 1 unspecified atom stereocenters. The van der Waals surface area contributed by atoms with Crippen molar-refractivity contribution in [3.63, 3.8) is 0 Å². The Hall–Kier alpha value is -2.06. The molecule has 2 heteroatoms. The minimum Gasteiger partial charge on any atom is -0.308 e. The fraction of sp³-hybridized carbons (Fsp3) is 0.364. The molecule has 0 aromatic heterocycles. The fourth-order valence-electron chi connectivity index (χ4n) is 3.49. The SMILES string of the molecule is CCC(CC=Cc1ccccc1)N(N)c1ccc2c(c1)CCCC2. The van der Waals surface area contributed by atoms with E-state index in [1.54, 1.807) is 0 Å². The highest BCUT2D eigenvalue weighted by Crippen LogP contribution is 2.27. The second-order valence-electron chi connectivity index (χ2n) is 6.68. The lowest BCUT2D eigenvalue weighted by molar-refractivity contribution is 0.591. The van der Waals surface area contributed by atoms with E-state index in [2.05, 4.69) is 61.5 Å². The standard InChI is InChI=1S/C22H28N2/c1-2-21(14-8-11-18-9-4-3-5-10-18)24(23)22-16-15-19-12-6-7-13-20(19)17-22/h3-5,8-11,15-17,21H,2,6-7,12-14,23H2,1H3. The Morgan fingerprint density at radius 1 is 1.04 bits per heavy atom. The smallest absolute Gasteiger partial charge is 0.0523 e. The van der Waals surface area contributed by atoms with E-state index in [1.165, 1.54) is 42.4 Å². The number of anilines is 1. The third-order valence-electron chi connectivity index (χ3n) is 5.01. The first-order valence-electron chi connectivity index (χ1n) is 9.15. The number of hydrazine groups is 1. The minimum absolute atomic E-state index is 0.326. The third-order valence-corrected chi connectivity index (χ3v) is 5.01. The zero-order valence-corrected chi connectivity index (χ0v) is 14.6. The van der Waals surface area contributed by atoms with Crippen molar-refractivity contribution in [1.82, 2.24) is 0 Å². The Bertz CT molecular complexity index is 676. The molecule has 0 aliphatic heterocycles. The van der Waals surface area contributed by atoms with Gasteiger partial charge < -0.3 is 5.01 Å². The van der Waals surface area contributed by atoms with E-state index in [1.807, 2.05) is 11.1 Å². The molecule has 1 aliphatic rings. The second-order valence-corrected chi connectivity index (χ2v) is 6.68. The average Bonchev–Trinajstić information content (AvgIpc) is 2.65. The maximum atomic E-state index is 6.46. The Balaban J connectivity index is 1.67. The molecule has 0 amide bonds. The molecule has 3 rings (SSSR count). The lowest BCUT2D eigenvalue weighted by Crippen LogP contribution is -2.40. The van der Waals surface area contributed by atoms with Crippen molar-refractivity contribution >= 4 is 11.8 Å². The molecule has 0 heterocycles. The van der Waals surface area contributed by atoms with Crippen LogP contribution in [0.15, 0.2) is 54.6 Å². The zero-order valence-electron chi connectivity index (χ0n) is 14.6. The van der Waals surface area contributed by atoms with Crippen molar-refractivity contribution in [1.29, 1.82) is 0 Å². The largest absolute Gasteiger partial charge is 0.308 e. The summed E-state index contributed by atoms with van der Waals surface area (Å²) >= 11 is 0. The molecule has 1 aliphatic carbocycles. The van der Waals surface area contributed by atoms with Gasteiger partial charge in [0.05, 0.1) is 5.69 Å². The number of fused-ring (bicyclic) bond motifs is 1. The Morgan fingerprint density at radius 3 is 2.54 bits per heavy atom. The van der Waals surface area contributed by atoms with Crippen molar-refractivity contribution in [2.24, 2.45) is 5.84 Å². The molecule has 0 saturated heterocycles. The van der Waals surface area contributed by atoms with Crippen LogP contribution < -0.4 is 10.9 Å². The van der Waals surface area contributed by atoms with Gasteiger partial charge in [-0.25, -0.2) is 5.84 Å². The zero-order chi connectivity index (χ0) is 16.8. The average molecular weight is 320 g/mol. The van der Waals surface area contributed by atoms with E-state index in [-0.39, 0.29) is 0 Å². The van der Waals surface area contributed by atoms with Crippen LogP contribution in [0.3, 0.4) is 0 Å². The number of rotatable bonds is 6. The molecule has 24 heavy (non-hydrogen) atoms. The molecule has 2 N–H and O–H groups in total. The number of benzene rings is 2. The van der Waals surface area contributed by atoms with Crippen molar-refractivity contribution in [3.8, 4) is 0 Å². The lowest BCUT2D eigenvalue weighted by Gasteiger charge is -2.29. The lowest BCUT2D eigenvalue weighted by atomic mass is 9.91. The summed E-state index contributed by atoms with van der Waals surface area (Å²) in [6.45, 7) is 2.21. The van der Waals surface area contributed by atoms with Crippen molar-refractivity contribution < 1.29 is 0 Å². The number of nitrogens with two attached hydrogens (primary N) is 1. The van der Waals surface area contributed by atoms with Gasteiger partial charge in [0.25, 0.3) is 0 Å². The van der Waals surface area contributed by atoms with Crippen molar-refractivity contribution in [2.45, 2.75) is 51.5 Å². The van der Waals surface area contributed by atoms with Gasteiger partial charge in [-0.1, -0.05) is 55.5 Å². The molecule has 0 bridgehead atoms. The quantitative estimate of drug-likeness (QED) is 0.591. The summed E-state index contributed by atoms with van der Waals surface area (Å²) in [4.78, 5) is 0. The van der Waals surface area contributed by atoms with Gasteiger partial charge in [0, 0.05) is 6.04 Å². The highest BCUT2D eigenvalue weighted by molar-refractivity contribution is 5.52. The van der Waals surface area contributed by atoms with E-state index >= 15 is 0 Å². The van der Waals surface area contributed by atoms with E-state index in [0.717, 1.165) is 18.5 Å². The van der Waals surface area contributed by atoms with Gasteiger partial charge in [0.1, 0.15) is 0 Å². The number of hydrogen-bond acceptors (Lipinski definition) is 2. The van der Waals surface area contributed by atoms with Gasteiger partial charge in [0.2, 0.25) is 0 Å². The molecular weight excluding hydrogens is 292 g/mol. The van der Waals surface area contributed by atoms with Crippen LogP contribution in [0.1, 0.15) is 49.3 Å². The van der Waals surface area contributed by atoms with Crippen LogP contribution in [0.5, 0.6) is 0 Å². The maximum absolute atomic E-state index is 6.46. The Labute approximate surface area is 146 Å². The van der Waals surface area contributed by atoms with E-state index in [9.17, 15) is 0 Å². The van der Waals surface area contributed by atoms with E-state index in [0.29, 0.717) is 6.04 Å². The predicted molar refractivity (Wildman–Crippen MR) is 104 cm³/mol. The highest BCUT2D eigenvalue weighted by atomic mass is 15.4. The fourth-order valence-corrected chi connectivity index (χ4v) is 3.49. The van der Waals surface area contributed by atoms with Crippen LogP contribution in [-0.4, -0.2) is 6.04 Å². The summed E-state index contributed by atoms with van der Waals surface area (Å²) in [6, 6.07) is 17.5. The summed E-state index contributed by atoms with van der Waals surface area (Å²) in [5.41, 5.74) is 5.39. The van der Waals surface area contributed by atoms with E-state index in [4.69, 9.17) is 5.84 Å². The van der Waals surface area contributed by atoms with Crippen molar-refractivity contribution in [2.75, 3.05) is 5.01 Å². The number of nitrogens with zero attached hydrogens (tertiary/aromatic N) is 1. The van der Waals surface area contributed by atoms with Gasteiger partial charge in [-0.3, -0.25) is 0 Å². The summed E-state index contributed by atoms with van der Waals surface area (Å²) < 4.78 is 0. The first kappa shape index (κ1) is 16.8. The van der Waals surface area contributed by atoms with Gasteiger partial charge in [-0.2, -0.15) is 0 Å². The molecule has 0 spiro atoms. The van der Waals surface area contributed by atoms with Gasteiger partial charge in [-0.15, -0.1) is 0 Å². The molecular formula is C22H28N2. The highest BCUT2D eigenvalue weighted by Gasteiger charge is 2.16. The van der Waals surface area contributed by atoms with Crippen LogP contribution in [0.2, 0.25) is 0 Å². The molecule has 2 aromatic carbocycles. The summed E-state index contributed by atoms with van der Waals surface area (Å²) in [5, 5.41) is 1.96. The summed E-state index contributed by atoms with van der Waals surface area (Å²) in [6.07, 6.45) is 11.5.